The highest BCUT2D eigenvalue weighted by Gasteiger charge is 2.37. The van der Waals surface area contributed by atoms with Gasteiger partial charge in [0.05, 0.1) is 17.7 Å². The highest BCUT2D eigenvalue weighted by Crippen LogP contribution is 2.36. The second-order valence-electron chi connectivity index (χ2n) is 3.87. The monoisotopic (exact) mass is 231 g/mol. The summed E-state index contributed by atoms with van der Waals surface area (Å²) in [7, 11) is 0. The van der Waals surface area contributed by atoms with Crippen LogP contribution in [-0.4, -0.2) is 17.8 Å². The summed E-state index contributed by atoms with van der Waals surface area (Å²) in [5.74, 6) is 0. The molecule has 0 spiro atoms. The molecule has 0 aliphatic carbocycles. The molecule has 16 heavy (non-hydrogen) atoms. The van der Waals surface area contributed by atoms with Crippen molar-refractivity contribution < 1.29 is 18.3 Å². The van der Waals surface area contributed by atoms with Crippen LogP contribution in [0.1, 0.15) is 23.6 Å². The summed E-state index contributed by atoms with van der Waals surface area (Å²) in [6.45, 7) is 0.540. The Bertz CT molecular complexity index is 378. The number of hydrogen-bond acceptors (Lipinski definition) is 2. The van der Waals surface area contributed by atoms with Gasteiger partial charge in [-0.15, -0.1) is 0 Å². The topological polar surface area (TPSA) is 32.3 Å². The highest BCUT2D eigenvalue weighted by molar-refractivity contribution is 5.33. The molecule has 88 valence electrons. The molecule has 0 saturated carbocycles. The fourth-order valence-corrected chi connectivity index (χ4v) is 2.03. The number of aliphatic hydroxyl groups is 1. The van der Waals surface area contributed by atoms with Crippen molar-refractivity contribution >= 4 is 0 Å². The molecular formula is C11H12F3NO. The maximum Gasteiger partial charge on any atom is 0.416 e. The van der Waals surface area contributed by atoms with Crippen LogP contribution in [0.25, 0.3) is 0 Å². The predicted molar refractivity (Wildman–Crippen MR) is 52.8 cm³/mol. The van der Waals surface area contributed by atoms with E-state index in [1.165, 1.54) is 12.1 Å². The third-order valence-electron chi connectivity index (χ3n) is 2.79. The molecule has 0 aromatic heterocycles. The number of alkyl halides is 3. The van der Waals surface area contributed by atoms with Gasteiger partial charge in [0.25, 0.3) is 0 Å². The molecule has 0 bridgehead atoms. The summed E-state index contributed by atoms with van der Waals surface area (Å²) in [6, 6.07) is 4.75. The lowest BCUT2D eigenvalue weighted by Crippen LogP contribution is -2.24. The first-order valence-electron chi connectivity index (χ1n) is 5.07. The Kier molecular flexibility index (Phi) is 2.90. The molecule has 0 radical (unpaired) electrons. The molecule has 1 fully saturated rings. The quantitative estimate of drug-likeness (QED) is 0.775. The second-order valence-corrected chi connectivity index (χ2v) is 3.87. The molecule has 1 aromatic carbocycles. The van der Waals surface area contributed by atoms with Gasteiger partial charge in [-0.05, 0) is 24.6 Å². The minimum Gasteiger partial charge on any atom is -0.391 e. The van der Waals surface area contributed by atoms with Crippen LogP contribution in [0, 0.1) is 0 Å². The SMILES string of the molecule is OC1CCNC1c1ccccc1C(F)(F)F. The van der Waals surface area contributed by atoms with Gasteiger partial charge in [-0.25, -0.2) is 0 Å². The maximum atomic E-state index is 12.7. The normalized spacial score (nSPS) is 26.0. The van der Waals surface area contributed by atoms with Crippen LogP contribution < -0.4 is 5.32 Å². The fourth-order valence-electron chi connectivity index (χ4n) is 2.03. The Hall–Kier alpha value is -1.07. The molecule has 1 saturated heterocycles. The molecule has 2 rings (SSSR count). The summed E-state index contributed by atoms with van der Waals surface area (Å²) < 4.78 is 38.2. The van der Waals surface area contributed by atoms with E-state index in [-0.39, 0.29) is 5.56 Å². The van der Waals surface area contributed by atoms with Crippen molar-refractivity contribution in [3.8, 4) is 0 Å². The largest absolute Gasteiger partial charge is 0.416 e. The average Bonchev–Trinajstić information content (AvgIpc) is 2.63. The number of nitrogens with one attached hydrogen (secondary N) is 1. The number of halogens is 3. The van der Waals surface area contributed by atoms with E-state index in [0.29, 0.717) is 13.0 Å². The summed E-state index contributed by atoms with van der Waals surface area (Å²) in [4.78, 5) is 0. The van der Waals surface area contributed by atoms with Crippen LogP contribution in [0.2, 0.25) is 0 Å². The van der Waals surface area contributed by atoms with Gasteiger partial charge in [-0.3, -0.25) is 0 Å². The zero-order chi connectivity index (χ0) is 11.8. The fraction of sp³-hybridized carbons (Fsp3) is 0.455. The lowest BCUT2D eigenvalue weighted by atomic mass is 9.97. The Morgan fingerprint density at radius 2 is 1.94 bits per heavy atom. The molecule has 2 N–H and O–H groups in total. The molecule has 5 heteroatoms. The number of aliphatic hydroxyl groups excluding tert-OH is 1. The average molecular weight is 231 g/mol. The lowest BCUT2D eigenvalue weighted by molar-refractivity contribution is -0.138. The summed E-state index contributed by atoms with van der Waals surface area (Å²) in [5, 5.41) is 12.5. The molecule has 0 amide bonds. The Balaban J connectivity index is 2.40. The van der Waals surface area contributed by atoms with Crippen LogP contribution in [0.3, 0.4) is 0 Å². The van der Waals surface area contributed by atoms with Gasteiger partial charge >= 0.3 is 6.18 Å². The Labute approximate surface area is 91.1 Å². The molecular weight excluding hydrogens is 219 g/mol. The van der Waals surface area contributed by atoms with Crippen LogP contribution in [0.15, 0.2) is 24.3 Å². The highest BCUT2D eigenvalue weighted by atomic mass is 19.4. The minimum absolute atomic E-state index is 0.125. The van der Waals surface area contributed by atoms with E-state index in [0.717, 1.165) is 6.07 Å². The maximum absolute atomic E-state index is 12.7. The van der Waals surface area contributed by atoms with Crippen molar-refractivity contribution in [3.05, 3.63) is 35.4 Å². The molecule has 1 heterocycles. The van der Waals surface area contributed by atoms with E-state index < -0.39 is 23.9 Å². The van der Waals surface area contributed by atoms with Gasteiger partial charge in [0, 0.05) is 0 Å². The van der Waals surface area contributed by atoms with E-state index >= 15 is 0 Å². The first-order chi connectivity index (χ1) is 7.50. The van der Waals surface area contributed by atoms with Gasteiger partial charge in [0.2, 0.25) is 0 Å². The smallest absolute Gasteiger partial charge is 0.391 e. The zero-order valence-electron chi connectivity index (χ0n) is 8.46. The number of rotatable bonds is 1. The zero-order valence-corrected chi connectivity index (χ0v) is 8.46. The van der Waals surface area contributed by atoms with Gasteiger partial charge in [0.15, 0.2) is 0 Å². The van der Waals surface area contributed by atoms with Crippen molar-refractivity contribution in [2.45, 2.75) is 24.7 Å². The molecule has 2 unspecified atom stereocenters. The third-order valence-corrected chi connectivity index (χ3v) is 2.79. The van der Waals surface area contributed by atoms with Gasteiger partial charge in [0.1, 0.15) is 0 Å². The van der Waals surface area contributed by atoms with Crippen molar-refractivity contribution in [3.63, 3.8) is 0 Å². The Morgan fingerprint density at radius 1 is 1.25 bits per heavy atom. The van der Waals surface area contributed by atoms with E-state index in [4.69, 9.17) is 0 Å². The standard InChI is InChI=1S/C11H12F3NO/c12-11(13,14)8-4-2-1-3-7(8)10-9(16)5-6-15-10/h1-4,9-10,15-16H,5-6H2. The van der Waals surface area contributed by atoms with Gasteiger partial charge < -0.3 is 10.4 Å². The van der Waals surface area contributed by atoms with E-state index in [9.17, 15) is 18.3 Å². The predicted octanol–water partition coefficient (Wildman–Crippen LogP) is 2.10. The van der Waals surface area contributed by atoms with Crippen molar-refractivity contribution in [1.29, 1.82) is 0 Å². The van der Waals surface area contributed by atoms with Crippen molar-refractivity contribution in [2.24, 2.45) is 0 Å². The summed E-state index contributed by atoms with van der Waals surface area (Å²) in [5.41, 5.74) is -0.548. The Morgan fingerprint density at radius 3 is 2.50 bits per heavy atom. The summed E-state index contributed by atoms with van der Waals surface area (Å²) >= 11 is 0. The van der Waals surface area contributed by atoms with E-state index in [1.54, 1.807) is 6.07 Å². The lowest BCUT2D eigenvalue weighted by Gasteiger charge is -2.20. The summed E-state index contributed by atoms with van der Waals surface area (Å²) in [6.07, 6.45) is -4.64. The van der Waals surface area contributed by atoms with Gasteiger partial charge in [-0.1, -0.05) is 18.2 Å². The van der Waals surface area contributed by atoms with Crippen LogP contribution >= 0.6 is 0 Å². The van der Waals surface area contributed by atoms with Crippen molar-refractivity contribution in [1.82, 2.24) is 5.32 Å². The minimum atomic E-state index is -4.37. The van der Waals surface area contributed by atoms with Crippen molar-refractivity contribution in [2.75, 3.05) is 6.54 Å². The number of hydrogen-bond donors (Lipinski definition) is 2. The van der Waals surface area contributed by atoms with Crippen LogP contribution in [-0.2, 0) is 6.18 Å². The third kappa shape index (κ3) is 2.05. The number of benzene rings is 1. The van der Waals surface area contributed by atoms with Crippen LogP contribution in [0.5, 0.6) is 0 Å². The van der Waals surface area contributed by atoms with E-state index in [1.807, 2.05) is 0 Å². The van der Waals surface area contributed by atoms with Gasteiger partial charge in [-0.2, -0.15) is 13.2 Å². The first kappa shape index (κ1) is 11.4. The first-order valence-corrected chi connectivity index (χ1v) is 5.07. The second kappa shape index (κ2) is 4.07. The molecule has 2 nitrogen and oxygen atoms in total. The molecule has 2 atom stereocenters. The van der Waals surface area contributed by atoms with Crippen LogP contribution in [0.4, 0.5) is 13.2 Å². The molecule has 1 aliphatic heterocycles. The molecule has 1 aromatic rings. The van der Waals surface area contributed by atoms with E-state index in [2.05, 4.69) is 5.32 Å². The molecule has 1 aliphatic rings.